The van der Waals surface area contributed by atoms with E-state index < -0.39 is 10.8 Å². The molecule has 1 N–H and O–H groups in total. The molecule has 1 saturated carbocycles. The topological polar surface area (TPSA) is 90.7 Å². The van der Waals surface area contributed by atoms with E-state index in [1.807, 2.05) is 0 Å². The number of ether oxygens (including phenoxy) is 2. The fourth-order valence-corrected chi connectivity index (χ4v) is 3.07. The third-order valence-corrected chi connectivity index (χ3v) is 4.84. The standard InChI is InChI=1S/C19H19FN2O5/c1-26-16-9-14(15(22(24)25)10-17(16)27-2)18(23)21-11-19(7-8-19)12-3-5-13(20)6-4-12/h3-6,9-10H,7-8,11H2,1-2H3,(H,21,23). The number of hydrogen-bond acceptors (Lipinski definition) is 5. The maximum atomic E-state index is 13.1. The zero-order chi connectivity index (χ0) is 19.6. The van der Waals surface area contributed by atoms with Gasteiger partial charge in [0.05, 0.1) is 25.2 Å². The Morgan fingerprint density at radius 2 is 1.78 bits per heavy atom. The van der Waals surface area contributed by atoms with Crippen LogP contribution in [0.1, 0.15) is 28.8 Å². The highest BCUT2D eigenvalue weighted by Gasteiger charge is 2.44. The monoisotopic (exact) mass is 374 g/mol. The SMILES string of the molecule is COc1cc(C(=O)NCC2(c3ccc(F)cc3)CC2)c([N+](=O)[O-])cc1OC. The van der Waals surface area contributed by atoms with Gasteiger partial charge in [-0.1, -0.05) is 12.1 Å². The van der Waals surface area contributed by atoms with Crippen LogP contribution in [0.5, 0.6) is 11.5 Å². The molecule has 8 heteroatoms. The summed E-state index contributed by atoms with van der Waals surface area (Å²) >= 11 is 0. The van der Waals surface area contributed by atoms with Crippen LogP contribution in [0.15, 0.2) is 36.4 Å². The van der Waals surface area contributed by atoms with Crippen LogP contribution in [0.25, 0.3) is 0 Å². The van der Waals surface area contributed by atoms with E-state index in [0.717, 1.165) is 18.4 Å². The number of benzene rings is 2. The molecule has 0 aromatic heterocycles. The molecule has 7 nitrogen and oxygen atoms in total. The molecule has 1 aliphatic carbocycles. The number of nitro groups is 1. The average molecular weight is 374 g/mol. The van der Waals surface area contributed by atoms with Crippen LogP contribution in [0, 0.1) is 15.9 Å². The van der Waals surface area contributed by atoms with Crippen molar-refractivity contribution in [3.63, 3.8) is 0 Å². The molecule has 27 heavy (non-hydrogen) atoms. The number of nitrogens with zero attached hydrogens (tertiary/aromatic N) is 1. The molecule has 1 amide bonds. The lowest BCUT2D eigenvalue weighted by Gasteiger charge is -2.17. The van der Waals surface area contributed by atoms with Crippen LogP contribution < -0.4 is 14.8 Å². The molecular formula is C19H19FN2O5. The van der Waals surface area contributed by atoms with Crippen LogP contribution in [0.2, 0.25) is 0 Å². The number of nitro benzene ring substituents is 1. The number of amides is 1. The zero-order valence-electron chi connectivity index (χ0n) is 15.0. The third kappa shape index (κ3) is 3.69. The molecule has 0 bridgehead atoms. The quantitative estimate of drug-likeness (QED) is 0.594. The first-order valence-corrected chi connectivity index (χ1v) is 8.35. The van der Waals surface area contributed by atoms with E-state index in [1.54, 1.807) is 12.1 Å². The largest absolute Gasteiger partial charge is 0.493 e. The molecule has 142 valence electrons. The minimum atomic E-state index is -0.635. The van der Waals surface area contributed by atoms with Crippen molar-refractivity contribution in [2.45, 2.75) is 18.3 Å². The maximum absolute atomic E-state index is 13.1. The lowest BCUT2D eigenvalue weighted by Crippen LogP contribution is -2.32. The average Bonchev–Trinajstić information content (AvgIpc) is 3.46. The van der Waals surface area contributed by atoms with Gasteiger partial charge < -0.3 is 14.8 Å². The van der Waals surface area contributed by atoms with Gasteiger partial charge in [-0.3, -0.25) is 14.9 Å². The molecular weight excluding hydrogens is 355 g/mol. The van der Waals surface area contributed by atoms with E-state index in [4.69, 9.17) is 9.47 Å². The third-order valence-electron chi connectivity index (χ3n) is 4.84. The fourth-order valence-electron chi connectivity index (χ4n) is 3.07. The van der Waals surface area contributed by atoms with Crippen LogP contribution in [0.3, 0.4) is 0 Å². The Kier molecular flexibility index (Phi) is 4.98. The predicted octanol–water partition coefficient (Wildman–Crippen LogP) is 3.21. The van der Waals surface area contributed by atoms with Crippen molar-refractivity contribution >= 4 is 11.6 Å². The summed E-state index contributed by atoms with van der Waals surface area (Å²) in [5.74, 6) is -0.491. The van der Waals surface area contributed by atoms with E-state index in [9.17, 15) is 19.3 Å². The number of rotatable bonds is 7. The van der Waals surface area contributed by atoms with Crippen LogP contribution in [-0.4, -0.2) is 31.6 Å². The van der Waals surface area contributed by atoms with Crippen molar-refractivity contribution in [2.75, 3.05) is 20.8 Å². The highest BCUT2D eigenvalue weighted by atomic mass is 19.1. The summed E-state index contributed by atoms with van der Waals surface area (Å²) < 4.78 is 23.3. The van der Waals surface area contributed by atoms with Crippen molar-refractivity contribution in [3.05, 3.63) is 63.5 Å². The number of carbonyl (C=O) groups is 1. The Bertz CT molecular complexity index is 878. The number of hydrogen-bond donors (Lipinski definition) is 1. The summed E-state index contributed by atoms with van der Waals surface area (Å²) in [6.07, 6.45) is 1.71. The van der Waals surface area contributed by atoms with Gasteiger partial charge in [0.2, 0.25) is 0 Å². The summed E-state index contributed by atoms with van der Waals surface area (Å²) in [5.41, 5.74) is 0.213. The van der Waals surface area contributed by atoms with Crippen molar-refractivity contribution in [2.24, 2.45) is 0 Å². The fraction of sp³-hybridized carbons (Fsp3) is 0.316. The summed E-state index contributed by atoms with van der Waals surface area (Å²) in [5, 5.41) is 14.1. The van der Waals surface area contributed by atoms with Gasteiger partial charge in [-0.15, -0.1) is 0 Å². The second-order valence-electron chi connectivity index (χ2n) is 6.45. The molecule has 0 radical (unpaired) electrons. The number of nitrogens with one attached hydrogen (secondary N) is 1. The maximum Gasteiger partial charge on any atom is 0.286 e. The van der Waals surface area contributed by atoms with Crippen LogP contribution >= 0.6 is 0 Å². The molecule has 0 atom stereocenters. The number of halogens is 1. The Balaban J connectivity index is 1.82. The predicted molar refractivity (Wildman–Crippen MR) is 95.8 cm³/mol. The summed E-state index contributed by atoms with van der Waals surface area (Å²) in [6.45, 7) is 0.308. The Labute approximate surface area is 155 Å². The van der Waals surface area contributed by atoms with Crippen molar-refractivity contribution < 1.29 is 23.6 Å². The zero-order valence-corrected chi connectivity index (χ0v) is 15.0. The molecule has 1 aliphatic rings. The van der Waals surface area contributed by atoms with E-state index in [2.05, 4.69) is 5.32 Å². The first-order chi connectivity index (χ1) is 12.9. The van der Waals surface area contributed by atoms with Gasteiger partial charge in [0.1, 0.15) is 11.4 Å². The Hall–Kier alpha value is -3.16. The minimum absolute atomic E-state index is 0.104. The van der Waals surface area contributed by atoms with Crippen molar-refractivity contribution in [1.82, 2.24) is 5.32 Å². The summed E-state index contributed by atoms with van der Waals surface area (Å²) in [7, 11) is 2.75. The summed E-state index contributed by atoms with van der Waals surface area (Å²) in [6, 6.07) is 8.64. The first kappa shape index (κ1) is 18.6. The van der Waals surface area contributed by atoms with E-state index >= 15 is 0 Å². The van der Waals surface area contributed by atoms with E-state index in [0.29, 0.717) is 6.54 Å². The van der Waals surface area contributed by atoms with Crippen molar-refractivity contribution in [3.8, 4) is 11.5 Å². The van der Waals surface area contributed by atoms with E-state index in [1.165, 1.54) is 38.5 Å². The number of methoxy groups -OCH3 is 2. The van der Waals surface area contributed by atoms with Gasteiger partial charge in [0, 0.05) is 18.0 Å². The first-order valence-electron chi connectivity index (χ1n) is 8.35. The number of carbonyl (C=O) groups excluding carboxylic acids is 1. The molecule has 2 aromatic carbocycles. The minimum Gasteiger partial charge on any atom is -0.493 e. The second-order valence-corrected chi connectivity index (χ2v) is 6.45. The molecule has 1 fully saturated rings. The van der Waals surface area contributed by atoms with Gasteiger partial charge in [-0.25, -0.2) is 4.39 Å². The van der Waals surface area contributed by atoms with Crippen LogP contribution in [0.4, 0.5) is 10.1 Å². The molecule has 0 unspecified atom stereocenters. The van der Waals surface area contributed by atoms with Crippen molar-refractivity contribution in [1.29, 1.82) is 0 Å². The smallest absolute Gasteiger partial charge is 0.286 e. The lowest BCUT2D eigenvalue weighted by molar-refractivity contribution is -0.385. The molecule has 0 saturated heterocycles. The molecule has 0 aliphatic heterocycles. The van der Waals surface area contributed by atoms with Gasteiger partial charge in [-0.05, 0) is 30.5 Å². The molecule has 2 aromatic rings. The molecule has 0 heterocycles. The Morgan fingerprint density at radius 3 is 2.30 bits per heavy atom. The van der Waals surface area contributed by atoms with Gasteiger partial charge >= 0.3 is 0 Å². The lowest BCUT2D eigenvalue weighted by atomic mass is 9.95. The highest BCUT2D eigenvalue weighted by Crippen LogP contribution is 2.47. The highest BCUT2D eigenvalue weighted by molar-refractivity contribution is 5.99. The van der Waals surface area contributed by atoms with Crippen LogP contribution in [-0.2, 0) is 5.41 Å². The normalized spacial score (nSPS) is 14.3. The molecule has 3 rings (SSSR count). The van der Waals surface area contributed by atoms with E-state index in [-0.39, 0.29) is 34.0 Å². The Morgan fingerprint density at radius 1 is 1.19 bits per heavy atom. The summed E-state index contributed by atoms with van der Waals surface area (Å²) in [4.78, 5) is 23.3. The van der Waals surface area contributed by atoms with Gasteiger partial charge in [0.15, 0.2) is 11.5 Å². The van der Waals surface area contributed by atoms with Gasteiger partial charge in [0.25, 0.3) is 11.6 Å². The molecule has 0 spiro atoms. The second kappa shape index (κ2) is 7.22. The van der Waals surface area contributed by atoms with Gasteiger partial charge in [-0.2, -0.15) is 0 Å².